The van der Waals surface area contributed by atoms with Crippen LogP contribution in [0.5, 0.6) is 0 Å². The molecule has 0 saturated heterocycles. The summed E-state index contributed by atoms with van der Waals surface area (Å²) >= 11 is 3.22. The van der Waals surface area contributed by atoms with Crippen LogP contribution >= 0.6 is 15.9 Å². The maximum atomic E-state index is 13.4. The molecule has 0 aliphatic carbocycles. The molecule has 16 heavy (non-hydrogen) atoms. The Bertz CT molecular complexity index is 382. The third-order valence-electron chi connectivity index (χ3n) is 2.87. The molecule has 2 N–H and O–H groups in total. The quantitative estimate of drug-likeness (QED) is 0.859. The van der Waals surface area contributed by atoms with Crippen molar-refractivity contribution in [1.82, 2.24) is 0 Å². The maximum Gasteiger partial charge on any atom is 0.139 e. The number of nitrogens with one attached hydrogen (secondary N) is 2. The number of benzene rings is 1. The fraction of sp³-hybridized carbons (Fsp3) is 0.500. The average Bonchev–Trinajstić information content (AvgIpc) is 2.42. The Morgan fingerprint density at radius 1 is 1.44 bits per heavy atom. The van der Waals surface area contributed by atoms with Crippen molar-refractivity contribution in [3.05, 3.63) is 22.4 Å². The fourth-order valence-electron chi connectivity index (χ4n) is 2.05. The van der Waals surface area contributed by atoms with Crippen LogP contribution in [0, 0.1) is 5.82 Å². The van der Waals surface area contributed by atoms with Crippen LogP contribution in [0.3, 0.4) is 0 Å². The molecule has 1 aliphatic rings. The monoisotopic (exact) mass is 286 g/mol. The van der Waals surface area contributed by atoms with Crippen LogP contribution in [0.1, 0.15) is 26.2 Å². The molecule has 2 rings (SSSR count). The summed E-state index contributed by atoms with van der Waals surface area (Å²) in [6.07, 6.45) is 3.38. The Labute approximate surface area is 104 Å². The molecule has 0 radical (unpaired) electrons. The van der Waals surface area contributed by atoms with Crippen LogP contribution in [0.15, 0.2) is 16.6 Å². The van der Waals surface area contributed by atoms with Gasteiger partial charge in [-0.05, 0) is 34.8 Å². The summed E-state index contributed by atoms with van der Waals surface area (Å²) in [6, 6.07) is 3.84. The Balaban J connectivity index is 2.25. The van der Waals surface area contributed by atoms with E-state index in [1.807, 2.05) is 6.07 Å². The first-order valence-electron chi connectivity index (χ1n) is 5.70. The van der Waals surface area contributed by atoms with Crippen molar-refractivity contribution in [2.45, 2.75) is 32.2 Å². The Hall–Kier alpha value is -0.770. The Kier molecular flexibility index (Phi) is 3.69. The van der Waals surface area contributed by atoms with Crippen LogP contribution in [0.2, 0.25) is 0 Å². The smallest absolute Gasteiger partial charge is 0.139 e. The predicted molar refractivity (Wildman–Crippen MR) is 69.5 cm³/mol. The van der Waals surface area contributed by atoms with Gasteiger partial charge in [-0.3, -0.25) is 0 Å². The van der Waals surface area contributed by atoms with E-state index in [9.17, 15) is 4.39 Å². The van der Waals surface area contributed by atoms with Crippen LogP contribution in [0.25, 0.3) is 0 Å². The van der Waals surface area contributed by atoms with E-state index in [4.69, 9.17) is 0 Å². The SMILES string of the molecule is CCCC1CCNc2cc(F)c(Br)cc2N1. The standard InChI is InChI=1S/C12H16BrFN2/c1-2-3-8-4-5-15-11-7-10(14)9(13)6-12(11)16-8/h6-8,15-16H,2-5H2,1H3. The van der Waals surface area contributed by atoms with E-state index in [1.165, 1.54) is 0 Å². The van der Waals surface area contributed by atoms with E-state index in [-0.39, 0.29) is 5.82 Å². The highest BCUT2D eigenvalue weighted by Crippen LogP contribution is 2.31. The minimum absolute atomic E-state index is 0.220. The summed E-state index contributed by atoms with van der Waals surface area (Å²) in [5, 5.41) is 6.73. The van der Waals surface area contributed by atoms with Gasteiger partial charge in [-0.25, -0.2) is 4.39 Å². The van der Waals surface area contributed by atoms with Crippen molar-refractivity contribution < 1.29 is 4.39 Å². The van der Waals surface area contributed by atoms with Gasteiger partial charge < -0.3 is 10.6 Å². The molecule has 1 aromatic carbocycles. The van der Waals surface area contributed by atoms with Crippen molar-refractivity contribution in [2.24, 2.45) is 0 Å². The molecule has 4 heteroatoms. The predicted octanol–water partition coefficient (Wildman–Crippen LogP) is 3.98. The number of hydrogen-bond donors (Lipinski definition) is 2. The zero-order valence-electron chi connectivity index (χ0n) is 9.32. The molecule has 0 aromatic heterocycles. The number of halogens is 2. The third kappa shape index (κ3) is 2.48. The van der Waals surface area contributed by atoms with Gasteiger partial charge in [0.2, 0.25) is 0 Å². The van der Waals surface area contributed by atoms with Crippen LogP contribution in [-0.4, -0.2) is 12.6 Å². The number of rotatable bonds is 2. The zero-order valence-corrected chi connectivity index (χ0v) is 10.9. The summed E-state index contributed by atoms with van der Waals surface area (Å²) in [6.45, 7) is 3.08. The molecule has 1 aromatic rings. The van der Waals surface area contributed by atoms with Gasteiger partial charge in [-0.15, -0.1) is 0 Å². The fourth-order valence-corrected chi connectivity index (χ4v) is 2.39. The minimum atomic E-state index is -0.220. The van der Waals surface area contributed by atoms with E-state index >= 15 is 0 Å². The highest BCUT2D eigenvalue weighted by Gasteiger charge is 2.16. The topological polar surface area (TPSA) is 24.1 Å². The summed E-state index contributed by atoms with van der Waals surface area (Å²) in [4.78, 5) is 0. The molecule has 0 spiro atoms. The first-order chi connectivity index (χ1) is 7.70. The van der Waals surface area contributed by atoms with Gasteiger partial charge >= 0.3 is 0 Å². The van der Waals surface area contributed by atoms with Gasteiger partial charge in [-0.2, -0.15) is 0 Å². The van der Waals surface area contributed by atoms with Crippen LogP contribution in [-0.2, 0) is 0 Å². The van der Waals surface area contributed by atoms with Gasteiger partial charge in [0.05, 0.1) is 15.8 Å². The van der Waals surface area contributed by atoms with Gasteiger partial charge in [0.15, 0.2) is 0 Å². The molecule has 88 valence electrons. The Morgan fingerprint density at radius 2 is 2.25 bits per heavy atom. The van der Waals surface area contributed by atoms with Crippen molar-refractivity contribution in [3.63, 3.8) is 0 Å². The summed E-state index contributed by atoms with van der Waals surface area (Å²) in [7, 11) is 0. The van der Waals surface area contributed by atoms with Crippen molar-refractivity contribution in [3.8, 4) is 0 Å². The van der Waals surface area contributed by atoms with E-state index in [2.05, 4.69) is 33.5 Å². The number of fused-ring (bicyclic) bond motifs is 1. The van der Waals surface area contributed by atoms with Crippen LogP contribution in [0.4, 0.5) is 15.8 Å². The van der Waals surface area contributed by atoms with Crippen molar-refractivity contribution >= 4 is 27.3 Å². The highest BCUT2D eigenvalue weighted by molar-refractivity contribution is 9.10. The number of hydrogen-bond acceptors (Lipinski definition) is 2. The second-order valence-electron chi connectivity index (χ2n) is 4.16. The lowest BCUT2D eigenvalue weighted by molar-refractivity contribution is 0.615. The van der Waals surface area contributed by atoms with Gasteiger partial charge in [0.1, 0.15) is 5.82 Å². The maximum absolute atomic E-state index is 13.4. The van der Waals surface area contributed by atoms with Crippen LogP contribution < -0.4 is 10.6 Å². The molecule has 0 saturated carbocycles. The number of anilines is 2. The minimum Gasteiger partial charge on any atom is -0.383 e. The molecule has 0 fully saturated rings. The molecule has 1 atom stereocenters. The molecule has 0 bridgehead atoms. The second kappa shape index (κ2) is 5.04. The third-order valence-corrected chi connectivity index (χ3v) is 3.47. The molecule has 1 aliphatic heterocycles. The largest absolute Gasteiger partial charge is 0.383 e. The lowest BCUT2D eigenvalue weighted by atomic mass is 10.1. The first kappa shape index (κ1) is 11.7. The Morgan fingerprint density at radius 3 is 3.00 bits per heavy atom. The summed E-state index contributed by atoms with van der Waals surface area (Å²) in [5.41, 5.74) is 1.85. The molecule has 1 heterocycles. The first-order valence-corrected chi connectivity index (χ1v) is 6.49. The molecule has 1 unspecified atom stereocenters. The molecular formula is C12H16BrFN2. The lowest BCUT2D eigenvalue weighted by Gasteiger charge is -2.16. The average molecular weight is 287 g/mol. The van der Waals surface area contributed by atoms with Gasteiger partial charge in [0.25, 0.3) is 0 Å². The second-order valence-corrected chi connectivity index (χ2v) is 5.01. The normalized spacial score (nSPS) is 19.3. The summed E-state index contributed by atoms with van der Waals surface area (Å²) in [5.74, 6) is -0.220. The highest BCUT2D eigenvalue weighted by atomic mass is 79.9. The molecular weight excluding hydrogens is 271 g/mol. The molecule has 2 nitrogen and oxygen atoms in total. The van der Waals surface area contributed by atoms with E-state index in [0.29, 0.717) is 10.5 Å². The van der Waals surface area contributed by atoms with E-state index in [1.54, 1.807) is 6.07 Å². The summed E-state index contributed by atoms with van der Waals surface area (Å²) < 4.78 is 13.9. The van der Waals surface area contributed by atoms with E-state index in [0.717, 1.165) is 37.2 Å². The van der Waals surface area contributed by atoms with Gasteiger partial charge in [0, 0.05) is 18.7 Å². The lowest BCUT2D eigenvalue weighted by Crippen LogP contribution is -2.19. The van der Waals surface area contributed by atoms with Crippen molar-refractivity contribution in [1.29, 1.82) is 0 Å². The van der Waals surface area contributed by atoms with Crippen molar-refractivity contribution in [2.75, 3.05) is 17.2 Å². The zero-order chi connectivity index (χ0) is 11.5. The molecule has 0 amide bonds. The van der Waals surface area contributed by atoms with E-state index < -0.39 is 0 Å². The van der Waals surface area contributed by atoms with Gasteiger partial charge in [-0.1, -0.05) is 13.3 Å².